The molecule has 0 amide bonds. The van der Waals surface area contributed by atoms with Gasteiger partial charge < -0.3 is 4.90 Å². The van der Waals surface area contributed by atoms with E-state index in [0.29, 0.717) is 0 Å². The minimum Gasteiger partial charge on any atom is -0.343 e. The molecule has 3 nitrogen and oxygen atoms in total. The van der Waals surface area contributed by atoms with Crippen LogP contribution in [0.25, 0.3) is 11.0 Å². The van der Waals surface area contributed by atoms with E-state index in [9.17, 15) is 0 Å². The van der Waals surface area contributed by atoms with Gasteiger partial charge in [0.2, 0.25) is 0 Å². The first kappa shape index (κ1) is 27.6. The third-order valence-electron chi connectivity index (χ3n) is 9.46. The largest absolute Gasteiger partial charge is 0.343 e. The Morgan fingerprint density at radius 2 is 1.30 bits per heavy atom. The minimum atomic E-state index is 0.999. The van der Waals surface area contributed by atoms with Gasteiger partial charge in [0.1, 0.15) is 11.0 Å². The molecule has 5 heteroatoms. The Hall–Kier alpha value is -3.93. The maximum Gasteiger partial charge on any atom is 0.107 e. The molecule has 5 aliphatic rings. The molecule has 4 bridgehead atoms. The van der Waals surface area contributed by atoms with E-state index < -0.39 is 0 Å². The Balaban J connectivity index is 1.00. The van der Waals surface area contributed by atoms with Gasteiger partial charge in [-0.1, -0.05) is 78.5 Å². The number of benzene rings is 5. The lowest BCUT2D eigenvalue weighted by molar-refractivity contribution is 0.850. The summed E-state index contributed by atoms with van der Waals surface area (Å²) in [6.07, 6.45) is 8.49. The van der Waals surface area contributed by atoms with Crippen LogP contribution in [0.3, 0.4) is 0 Å². The van der Waals surface area contributed by atoms with Crippen molar-refractivity contribution >= 4 is 45.9 Å². The molecule has 0 N–H and O–H groups in total. The van der Waals surface area contributed by atoms with Gasteiger partial charge in [0.15, 0.2) is 0 Å². The second-order valence-electron chi connectivity index (χ2n) is 12.2. The summed E-state index contributed by atoms with van der Waals surface area (Å²) < 4.78 is 9.03. The molecule has 11 rings (SSSR count). The van der Waals surface area contributed by atoms with Crippen molar-refractivity contribution in [1.29, 1.82) is 0 Å². The fourth-order valence-corrected chi connectivity index (χ4v) is 8.72. The van der Waals surface area contributed by atoms with Crippen LogP contribution in [0.2, 0.25) is 0 Å². The summed E-state index contributed by atoms with van der Waals surface area (Å²) >= 11 is 3.21. The Kier molecular flexibility index (Phi) is 7.45. The van der Waals surface area contributed by atoms with Gasteiger partial charge in [-0.25, -0.2) is 0 Å². The second-order valence-corrected chi connectivity index (χ2v) is 13.8. The lowest BCUT2D eigenvalue weighted by Crippen LogP contribution is -2.14. The van der Waals surface area contributed by atoms with Gasteiger partial charge in [0, 0.05) is 16.8 Å². The van der Waals surface area contributed by atoms with Crippen molar-refractivity contribution in [2.75, 3.05) is 11.9 Å². The van der Waals surface area contributed by atoms with E-state index >= 15 is 0 Å². The molecule has 4 aliphatic carbocycles. The van der Waals surface area contributed by atoms with Crippen molar-refractivity contribution in [1.82, 2.24) is 8.75 Å². The number of nitrogens with zero attached hydrogens (tertiary/aromatic N) is 3. The van der Waals surface area contributed by atoms with E-state index in [1.54, 1.807) is 0 Å². The van der Waals surface area contributed by atoms with Gasteiger partial charge in [0.05, 0.1) is 23.1 Å². The normalized spacial score (nSPS) is 13.9. The van der Waals surface area contributed by atoms with Gasteiger partial charge >= 0.3 is 0 Å². The number of rotatable bonds is 6. The fourth-order valence-electron chi connectivity index (χ4n) is 6.93. The number of hydrogen-bond acceptors (Lipinski definition) is 5. The molecule has 2 heterocycles. The summed E-state index contributed by atoms with van der Waals surface area (Å²) in [6, 6.07) is 36.7. The van der Waals surface area contributed by atoms with Gasteiger partial charge in [-0.15, -0.1) is 0 Å². The lowest BCUT2D eigenvalue weighted by Gasteiger charge is -2.29. The molecule has 0 unspecified atom stereocenters. The number of para-hydroxylation sites is 1. The standard InChI is InChI=1S/C39H35N3S2/c1-42-35-7-2-3-8-37(35)43-38-25-28(14-22-36(38)42)13-17-32-23-26-9-10-27-12-16-30(19-18-29(32)15-11-26)33(24-27)21-20-31-5-4-6-34-39(31)41-44-40-34/h2-8,11-12,14-16,22-25H,9-10,13,17-21H2,1H3. The molecule has 6 aromatic rings. The second kappa shape index (κ2) is 11.9. The van der Waals surface area contributed by atoms with E-state index in [4.69, 9.17) is 0 Å². The Labute approximate surface area is 268 Å². The molecule has 44 heavy (non-hydrogen) atoms. The number of fused-ring (bicyclic) bond motifs is 3. The first-order valence-corrected chi connectivity index (χ1v) is 17.3. The van der Waals surface area contributed by atoms with Crippen molar-refractivity contribution in [2.24, 2.45) is 0 Å². The summed E-state index contributed by atoms with van der Waals surface area (Å²) in [5.41, 5.74) is 16.3. The van der Waals surface area contributed by atoms with Crippen LogP contribution in [0, 0.1) is 0 Å². The Bertz CT molecular complexity index is 1990. The van der Waals surface area contributed by atoms with Crippen LogP contribution in [-0.2, 0) is 51.4 Å². The molecule has 0 saturated carbocycles. The zero-order valence-electron chi connectivity index (χ0n) is 25.1. The highest BCUT2D eigenvalue weighted by atomic mass is 32.2. The Morgan fingerprint density at radius 3 is 2.09 bits per heavy atom. The number of aromatic nitrogens is 2. The van der Waals surface area contributed by atoms with Gasteiger partial charge in [-0.3, -0.25) is 0 Å². The van der Waals surface area contributed by atoms with E-state index in [2.05, 4.69) is 118 Å². The molecule has 1 aliphatic heterocycles. The number of hydrogen-bond donors (Lipinski definition) is 0. The molecule has 5 aromatic carbocycles. The minimum absolute atomic E-state index is 0.999. The molecular formula is C39H35N3S2. The first-order chi connectivity index (χ1) is 21.7. The van der Waals surface area contributed by atoms with E-state index in [1.165, 1.54) is 77.4 Å². The third kappa shape index (κ3) is 5.44. The molecule has 1 aromatic heterocycles. The zero-order valence-corrected chi connectivity index (χ0v) is 26.7. The summed E-state index contributed by atoms with van der Waals surface area (Å²) in [5.74, 6) is 0. The highest BCUT2D eigenvalue weighted by molar-refractivity contribution is 7.99. The van der Waals surface area contributed by atoms with Crippen LogP contribution >= 0.6 is 23.5 Å². The summed E-state index contributed by atoms with van der Waals surface area (Å²) in [7, 11) is 2.18. The first-order valence-electron chi connectivity index (χ1n) is 15.7. The van der Waals surface area contributed by atoms with Crippen LogP contribution in [0.1, 0.15) is 44.5 Å². The SMILES string of the molecule is CN1c2ccccc2Sc2cc(CCc3cc4ccc3CCc3ccc(cc3CCc3cccc5nsnc35)CC4)ccc21. The molecule has 218 valence electrons. The highest BCUT2D eigenvalue weighted by Crippen LogP contribution is 2.47. The average molecular weight is 610 g/mol. The smallest absolute Gasteiger partial charge is 0.107 e. The quantitative estimate of drug-likeness (QED) is 0.188. The summed E-state index contributed by atoms with van der Waals surface area (Å²) in [4.78, 5) is 5.02. The van der Waals surface area contributed by atoms with E-state index in [-0.39, 0.29) is 0 Å². The van der Waals surface area contributed by atoms with Crippen molar-refractivity contribution in [3.05, 3.63) is 142 Å². The van der Waals surface area contributed by atoms with Crippen LogP contribution < -0.4 is 4.90 Å². The van der Waals surface area contributed by atoms with E-state index in [1.807, 2.05) is 11.8 Å². The van der Waals surface area contributed by atoms with Crippen LogP contribution in [0.5, 0.6) is 0 Å². The number of aryl methyl sites for hydroxylation is 8. The van der Waals surface area contributed by atoms with Crippen molar-refractivity contribution in [3.63, 3.8) is 0 Å². The highest BCUT2D eigenvalue weighted by Gasteiger charge is 2.20. The predicted octanol–water partition coefficient (Wildman–Crippen LogP) is 9.38. The molecule has 0 atom stereocenters. The Morgan fingerprint density at radius 1 is 0.591 bits per heavy atom. The molecular weight excluding hydrogens is 575 g/mol. The summed E-state index contributed by atoms with van der Waals surface area (Å²) in [5, 5.41) is 0. The summed E-state index contributed by atoms with van der Waals surface area (Å²) in [6.45, 7) is 0. The third-order valence-corrected chi connectivity index (χ3v) is 11.1. The lowest BCUT2D eigenvalue weighted by atomic mass is 9.88. The monoisotopic (exact) mass is 609 g/mol. The predicted molar refractivity (Wildman–Crippen MR) is 185 cm³/mol. The maximum atomic E-state index is 4.58. The van der Waals surface area contributed by atoms with Gasteiger partial charge in [-0.2, -0.15) is 8.75 Å². The molecule has 0 radical (unpaired) electrons. The molecule has 0 spiro atoms. The van der Waals surface area contributed by atoms with Gasteiger partial charge in [0.25, 0.3) is 0 Å². The van der Waals surface area contributed by atoms with Crippen LogP contribution in [0.4, 0.5) is 11.4 Å². The topological polar surface area (TPSA) is 29.0 Å². The fraction of sp³-hybridized carbons (Fsp3) is 0.231. The van der Waals surface area contributed by atoms with Crippen molar-refractivity contribution < 1.29 is 0 Å². The van der Waals surface area contributed by atoms with Crippen molar-refractivity contribution in [2.45, 2.75) is 61.2 Å². The van der Waals surface area contributed by atoms with Crippen LogP contribution in [0.15, 0.2) is 107 Å². The molecule has 0 fully saturated rings. The molecule has 0 saturated heterocycles. The zero-order chi connectivity index (χ0) is 29.5. The number of anilines is 2. The maximum absolute atomic E-state index is 4.58. The van der Waals surface area contributed by atoms with Gasteiger partial charge in [-0.05, 0) is 126 Å². The van der Waals surface area contributed by atoms with E-state index in [0.717, 1.165) is 62.4 Å². The van der Waals surface area contributed by atoms with Crippen molar-refractivity contribution in [3.8, 4) is 0 Å². The van der Waals surface area contributed by atoms with Crippen LogP contribution in [-0.4, -0.2) is 15.8 Å². The average Bonchev–Trinajstić information content (AvgIpc) is 3.54.